The summed E-state index contributed by atoms with van der Waals surface area (Å²) in [4.78, 5) is 15.4. The van der Waals surface area contributed by atoms with Crippen LogP contribution in [0, 0.1) is 0 Å². The first-order valence-corrected chi connectivity index (χ1v) is 6.21. The highest BCUT2D eigenvalue weighted by atomic mass is 16.4. The normalized spacial score (nSPS) is 13.8. The lowest BCUT2D eigenvalue weighted by Crippen LogP contribution is -2.36. The van der Waals surface area contributed by atoms with Crippen LogP contribution < -0.4 is 10.4 Å². The van der Waals surface area contributed by atoms with Crippen LogP contribution >= 0.6 is 0 Å². The molecule has 100 valence electrons. The number of nitrogens with zero attached hydrogens (tertiary/aromatic N) is 2. The zero-order chi connectivity index (χ0) is 13.9. The van der Waals surface area contributed by atoms with Crippen LogP contribution in [0.25, 0.3) is 0 Å². The summed E-state index contributed by atoms with van der Waals surface area (Å²) in [6.07, 6.45) is 0. The van der Waals surface area contributed by atoms with Crippen LogP contribution in [0.3, 0.4) is 0 Å². The molecule has 5 heteroatoms. The van der Waals surface area contributed by atoms with Crippen molar-refractivity contribution in [2.24, 2.45) is 4.99 Å². The van der Waals surface area contributed by atoms with E-state index in [0.717, 1.165) is 11.3 Å². The molecule has 20 heavy (non-hydrogen) atoms. The van der Waals surface area contributed by atoms with Gasteiger partial charge in [-0.1, -0.05) is 30.3 Å². The Labute approximate surface area is 116 Å². The van der Waals surface area contributed by atoms with Gasteiger partial charge < -0.3 is 5.11 Å². The molecule has 0 aliphatic carbocycles. The summed E-state index contributed by atoms with van der Waals surface area (Å²) in [6.45, 7) is 0.497. The number of benzene rings is 2. The second kappa shape index (κ2) is 5.05. The SMILES string of the molecule is O=C(O)c1cccc(C2=NCN(c3ccccc3)N2)c1. The molecule has 1 heterocycles. The molecular formula is C15H13N3O2. The number of carboxylic acids is 1. The number of para-hydroxylation sites is 1. The molecule has 2 aromatic carbocycles. The number of aliphatic imine (C=N–C) groups is 1. The molecule has 3 rings (SSSR count). The molecule has 0 saturated carbocycles. The number of hydrogen-bond acceptors (Lipinski definition) is 4. The molecule has 0 amide bonds. The Morgan fingerprint density at radius 2 is 1.95 bits per heavy atom. The molecule has 0 radical (unpaired) electrons. The van der Waals surface area contributed by atoms with E-state index < -0.39 is 5.97 Å². The predicted octanol–water partition coefficient (Wildman–Crippen LogP) is 2.11. The maximum atomic E-state index is 11.0. The number of rotatable bonds is 3. The first-order chi connectivity index (χ1) is 9.74. The van der Waals surface area contributed by atoms with Gasteiger partial charge in [-0.2, -0.15) is 0 Å². The van der Waals surface area contributed by atoms with Crippen LogP contribution in [-0.2, 0) is 0 Å². The second-order valence-electron chi connectivity index (χ2n) is 4.41. The number of hydrazine groups is 1. The highest BCUT2D eigenvalue weighted by molar-refractivity contribution is 6.02. The molecule has 0 fully saturated rings. The van der Waals surface area contributed by atoms with E-state index >= 15 is 0 Å². The number of hydrogen-bond donors (Lipinski definition) is 2. The number of carbonyl (C=O) groups is 1. The summed E-state index contributed by atoms with van der Waals surface area (Å²) >= 11 is 0. The van der Waals surface area contributed by atoms with Crippen LogP contribution in [0.4, 0.5) is 5.69 Å². The minimum absolute atomic E-state index is 0.255. The number of nitrogens with one attached hydrogen (secondary N) is 1. The fourth-order valence-electron chi connectivity index (χ4n) is 2.05. The van der Waals surface area contributed by atoms with Crippen LogP contribution in [0.1, 0.15) is 15.9 Å². The molecule has 2 aromatic rings. The maximum absolute atomic E-state index is 11.0. The van der Waals surface area contributed by atoms with Crippen molar-refractivity contribution in [3.63, 3.8) is 0 Å². The quantitative estimate of drug-likeness (QED) is 0.894. The van der Waals surface area contributed by atoms with Crippen molar-refractivity contribution in [1.29, 1.82) is 0 Å². The molecule has 0 spiro atoms. The average Bonchev–Trinajstić information content (AvgIpc) is 2.98. The molecule has 0 unspecified atom stereocenters. The van der Waals surface area contributed by atoms with Gasteiger partial charge in [-0.05, 0) is 24.3 Å². The lowest BCUT2D eigenvalue weighted by Gasteiger charge is -2.18. The minimum atomic E-state index is -0.939. The number of amidine groups is 1. The van der Waals surface area contributed by atoms with Crippen LogP contribution in [0.2, 0.25) is 0 Å². The molecule has 1 aliphatic rings. The van der Waals surface area contributed by atoms with E-state index in [1.54, 1.807) is 18.2 Å². The van der Waals surface area contributed by atoms with Gasteiger partial charge in [0.1, 0.15) is 12.5 Å². The smallest absolute Gasteiger partial charge is 0.335 e. The number of anilines is 1. The van der Waals surface area contributed by atoms with Gasteiger partial charge in [-0.15, -0.1) is 0 Å². The molecular weight excluding hydrogens is 254 g/mol. The van der Waals surface area contributed by atoms with E-state index in [1.165, 1.54) is 0 Å². The van der Waals surface area contributed by atoms with Crippen molar-refractivity contribution in [2.45, 2.75) is 0 Å². The Morgan fingerprint density at radius 1 is 1.15 bits per heavy atom. The molecule has 0 saturated heterocycles. The third-order valence-electron chi connectivity index (χ3n) is 3.06. The van der Waals surface area contributed by atoms with Gasteiger partial charge in [0.15, 0.2) is 0 Å². The largest absolute Gasteiger partial charge is 0.478 e. The Hall–Kier alpha value is -2.82. The van der Waals surface area contributed by atoms with Crippen LogP contribution in [0.15, 0.2) is 59.6 Å². The van der Waals surface area contributed by atoms with Gasteiger partial charge in [0, 0.05) is 5.56 Å². The topological polar surface area (TPSA) is 64.9 Å². The van der Waals surface area contributed by atoms with Gasteiger partial charge in [0.25, 0.3) is 0 Å². The Bertz CT molecular complexity index is 668. The van der Waals surface area contributed by atoms with E-state index in [-0.39, 0.29) is 5.56 Å². The molecule has 5 nitrogen and oxygen atoms in total. The lowest BCUT2D eigenvalue weighted by molar-refractivity contribution is 0.0697. The van der Waals surface area contributed by atoms with Gasteiger partial charge in [0.05, 0.1) is 11.3 Å². The standard InChI is InChI=1S/C15H13N3O2/c19-15(20)12-6-4-5-11(9-12)14-16-10-18(17-14)13-7-2-1-3-8-13/h1-9H,10H2,(H,16,17)(H,19,20). The highest BCUT2D eigenvalue weighted by Gasteiger charge is 2.17. The van der Waals surface area contributed by atoms with E-state index in [4.69, 9.17) is 5.11 Å². The van der Waals surface area contributed by atoms with E-state index in [1.807, 2.05) is 41.4 Å². The van der Waals surface area contributed by atoms with E-state index in [2.05, 4.69) is 10.4 Å². The minimum Gasteiger partial charge on any atom is -0.478 e. The summed E-state index contributed by atoms with van der Waals surface area (Å²) in [5, 5.41) is 10.9. The van der Waals surface area contributed by atoms with Gasteiger partial charge in [-0.3, -0.25) is 10.4 Å². The van der Waals surface area contributed by atoms with Crippen molar-refractivity contribution in [2.75, 3.05) is 11.7 Å². The first kappa shape index (κ1) is 12.2. The lowest BCUT2D eigenvalue weighted by atomic mass is 10.1. The van der Waals surface area contributed by atoms with Gasteiger partial charge >= 0.3 is 5.97 Å². The maximum Gasteiger partial charge on any atom is 0.335 e. The third-order valence-corrected chi connectivity index (χ3v) is 3.06. The zero-order valence-corrected chi connectivity index (χ0v) is 10.7. The monoisotopic (exact) mass is 267 g/mol. The Balaban J connectivity index is 1.80. The summed E-state index contributed by atoms with van der Waals surface area (Å²) < 4.78 is 0. The van der Waals surface area contributed by atoms with Crippen molar-refractivity contribution in [3.05, 3.63) is 65.7 Å². The Kier molecular flexibility index (Phi) is 3.09. The first-order valence-electron chi connectivity index (χ1n) is 6.21. The Morgan fingerprint density at radius 3 is 2.70 bits per heavy atom. The van der Waals surface area contributed by atoms with Crippen molar-refractivity contribution >= 4 is 17.5 Å². The molecule has 0 aromatic heterocycles. The third kappa shape index (κ3) is 2.33. The van der Waals surface area contributed by atoms with E-state index in [0.29, 0.717) is 12.5 Å². The number of aromatic carboxylic acids is 1. The molecule has 2 N–H and O–H groups in total. The van der Waals surface area contributed by atoms with Crippen molar-refractivity contribution in [1.82, 2.24) is 5.43 Å². The van der Waals surface area contributed by atoms with Gasteiger partial charge in [0.2, 0.25) is 0 Å². The van der Waals surface area contributed by atoms with Crippen LogP contribution in [0.5, 0.6) is 0 Å². The number of carboxylic acid groups (broad SMARTS) is 1. The fourth-order valence-corrected chi connectivity index (χ4v) is 2.05. The molecule has 0 atom stereocenters. The summed E-state index contributed by atoms with van der Waals surface area (Å²) in [7, 11) is 0. The predicted molar refractivity (Wildman–Crippen MR) is 76.9 cm³/mol. The molecule has 0 bridgehead atoms. The summed E-state index contributed by atoms with van der Waals surface area (Å²) in [6, 6.07) is 16.6. The summed E-state index contributed by atoms with van der Waals surface area (Å²) in [5.74, 6) is -0.262. The fraction of sp³-hybridized carbons (Fsp3) is 0.0667. The highest BCUT2D eigenvalue weighted by Crippen LogP contribution is 2.16. The zero-order valence-electron chi connectivity index (χ0n) is 10.7. The molecule has 1 aliphatic heterocycles. The second-order valence-corrected chi connectivity index (χ2v) is 4.41. The average molecular weight is 267 g/mol. The van der Waals surface area contributed by atoms with Gasteiger partial charge in [-0.25, -0.2) is 9.79 Å². The van der Waals surface area contributed by atoms with Crippen molar-refractivity contribution in [3.8, 4) is 0 Å². The van der Waals surface area contributed by atoms with Crippen LogP contribution in [-0.4, -0.2) is 23.6 Å². The van der Waals surface area contributed by atoms with Crippen molar-refractivity contribution < 1.29 is 9.90 Å². The van der Waals surface area contributed by atoms with E-state index in [9.17, 15) is 4.79 Å². The summed E-state index contributed by atoms with van der Waals surface area (Å²) in [5.41, 5.74) is 5.22.